The second kappa shape index (κ2) is 6.19. The van der Waals surface area contributed by atoms with Gasteiger partial charge in [-0.05, 0) is 25.5 Å². The van der Waals surface area contributed by atoms with Crippen molar-refractivity contribution >= 4 is 5.69 Å². The van der Waals surface area contributed by atoms with Crippen LogP contribution in [0.2, 0.25) is 0 Å². The number of aromatic amines is 1. The Balaban J connectivity index is 1.79. The highest BCUT2D eigenvalue weighted by Crippen LogP contribution is 2.08. The summed E-state index contributed by atoms with van der Waals surface area (Å²) in [6.45, 7) is 5.08. The standard InChI is InChI=1S/C14H20N4/c1-3-4-13-16-14(18-17-13)9-10-15-12-7-5-11(2)6-8-12/h5-8,15H,3-4,9-10H2,1-2H3,(H,16,17,18). The van der Waals surface area contributed by atoms with E-state index in [0.717, 1.165) is 43.1 Å². The van der Waals surface area contributed by atoms with Crippen LogP contribution < -0.4 is 5.32 Å². The van der Waals surface area contributed by atoms with Crippen molar-refractivity contribution in [2.24, 2.45) is 0 Å². The van der Waals surface area contributed by atoms with Crippen LogP contribution in [0.3, 0.4) is 0 Å². The fraction of sp³-hybridized carbons (Fsp3) is 0.429. The number of anilines is 1. The second-order valence-electron chi connectivity index (χ2n) is 4.49. The fourth-order valence-electron chi connectivity index (χ4n) is 1.79. The number of hydrogen-bond acceptors (Lipinski definition) is 3. The molecule has 0 radical (unpaired) electrons. The number of nitrogens with one attached hydrogen (secondary N) is 2. The summed E-state index contributed by atoms with van der Waals surface area (Å²) in [5.74, 6) is 1.88. The Morgan fingerprint density at radius 3 is 2.67 bits per heavy atom. The Kier molecular flexibility index (Phi) is 4.34. The molecule has 4 nitrogen and oxygen atoms in total. The largest absolute Gasteiger partial charge is 0.385 e. The molecule has 4 heteroatoms. The maximum Gasteiger partial charge on any atom is 0.152 e. The van der Waals surface area contributed by atoms with E-state index in [4.69, 9.17) is 0 Å². The molecule has 0 aliphatic carbocycles. The van der Waals surface area contributed by atoms with Crippen molar-refractivity contribution < 1.29 is 0 Å². The van der Waals surface area contributed by atoms with Gasteiger partial charge in [0.2, 0.25) is 0 Å². The van der Waals surface area contributed by atoms with Crippen molar-refractivity contribution in [3.05, 3.63) is 41.5 Å². The van der Waals surface area contributed by atoms with Crippen LogP contribution in [0.1, 0.15) is 30.6 Å². The zero-order valence-corrected chi connectivity index (χ0v) is 11.0. The number of hydrogen-bond donors (Lipinski definition) is 2. The molecule has 18 heavy (non-hydrogen) atoms. The minimum Gasteiger partial charge on any atom is -0.385 e. The molecule has 2 aromatic rings. The van der Waals surface area contributed by atoms with Gasteiger partial charge in [0, 0.05) is 25.1 Å². The van der Waals surface area contributed by atoms with E-state index in [-0.39, 0.29) is 0 Å². The first-order valence-electron chi connectivity index (χ1n) is 6.48. The van der Waals surface area contributed by atoms with E-state index in [0.29, 0.717) is 0 Å². The lowest BCUT2D eigenvalue weighted by Gasteiger charge is -2.04. The van der Waals surface area contributed by atoms with E-state index in [9.17, 15) is 0 Å². The number of nitrogens with zero attached hydrogens (tertiary/aromatic N) is 2. The summed E-state index contributed by atoms with van der Waals surface area (Å²) in [7, 11) is 0. The normalized spacial score (nSPS) is 10.6. The average Bonchev–Trinajstić information content (AvgIpc) is 2.80. The lowest BCUT2D eigenvalue weighted by atomic mass is 10.2. The first kappa shape index (κ1) is 12.6. The number of aryl methyl sites for hydroxylation is 2. The molecule has 0 spiro atoms. The molecule has 2 rings (SSSR count). The lowest BCUT2D eigenvalue weighted by Crippen LogP contribution is -2.06. The number of rotatable bonds is 6. The van der Waals surface area contributed by atoms with E-state index in [1.54, 1.807) is 0 Å². The van der Waals surface area contributed by atoms with E-state index in [1.165, 1.54) is 5.56 Å². The van der Waals surface area contributed by atoms with Crippen molar-refractivity contribution in [2.75, 3.05) is 11.9 Å². The van der Waals surface area contributed by atoms with Crippen molar-refractivity contribution in [3.8, 4) is 0 Å². The fourth-order valence-corrected chi connectivity index (χ4v) is 1.79. The topological polar surface area (TPSA) is 53.6 Å². The highest BCUT2D eigenvalue weighted by atomic mass is 15.2. The summed E-state index contributed by atoms with van der Waals surface area (Å²) >= 11 is 0. The van der Waals surface area contributed by atoms with E-state index >= 15 is 0 Å². The van der Waals surface area contributed by atoms with E-state index in [1.807, 2.05) is 0 Å². The van der Waals surface area contributed by atoms with E-state index < -0.39 is 0 Å². The molecule has 0 bridgehead atoms. The van der Waals surface area contributed by atoms with Gasteiger partial charge in [0.1, 0.15) is 5.82 Å². The molecule has 1 aromatic carbocycles. The predicted octanol–water partition coefficient (Wildman–Crippen LogP) is 2.72. The molecule has 0 amide bonds. The van der Waals surface area contributed by atoms with Gasteiger partial charge < -0.3 is 5.32 Å². The van der Waals surface area contributed by atoms with Gasteiger partial charge >= 0.3 is 0 Å². The summed E-state index contributed by atoms with van der Waals surface area (Å²) in [4.78, 5) is 4.44. The molecule has 0 aliphatic heterocycles. The molecule has 0 fully saturated rings. The predicted molar refractivity (Wildman–Crippen MR) is 73.8 cm³/mol. The lowest BCUT2D eigenvalue weighted by molar-refractivity contribution is 0.840. The Hall–Kier alpha value is -1.84. The van der Waals surface area contributed by atoms with Crippen LogP contribution in [0.5, 0.6) is 0 Å². The summed E-state index contributed by atoms with van der Waals surface area (Å²) in [6.07, 6.45) is 2.91. The van der Waals surface area contributed by atoms with Gasteiger partial charge in [-0.2, -0.15) is 5.10 Å². The molecular formula is C14H20N4. The average molecular weight is 244 g/mol. The molecule has 1 heterocycles. The van der Waals surface area contributed by atoms with Crippen molar-refractivity contribution in [3.63, 3.8) is 0 Å². The van der Waals surface area contributed by atoms with Gasteiger partial charge in [-0.1, -0.05) is 24.6 Å². The van der Waals surface area contributed by atoms with E-state index in [2.05, 4.69) is 58.6 Å². The third-order valence-corrected chi connectivity index (χ3v) is 2.79. The Bertz CT molecular complexity index is 473. The molecule has 0 saturated carbocycles. The first-order chi connectivity index (χ1) is 8.78. The van der Waals surface area contributed by atoms with Crippen LogP contribution in [0.4, 0.5) is 5.69 Å². The van der Waals surface area contributed by atoms with Gasteiger partial charge in [-0.15, -0.1) is 0 Å². The third-order valence-electron chi connectivity index (χ3n) is 2.79. The zero-order valence-electron chi connectivity index (χ0n) is 11.0. The summed E-state index contributed by atoms with van der Waals surface area (Å²) < 4.78 is 0. The second-order valence-corrected chi connectivity index (χ2v) is 4.49. The maximum absolute atomic E-state index is 4.44. The Labute approximate surface area is 108 Å². The molecule has 0 atom stereocenters. The minimum atomic E-state index is 0.841. The summed E-state index contributed by atoms with van der Waals surface area (Å²) in [5.41, 5.74) is 2.42. The monoisotopic (exact) mass is 244 g/mol. The number of H-pyrrole nitrogens is 1. The van der Waals surface area contributed by atoms with Crippen LogP contribution in [0, 0.1) is 6.92 Å². The van der Waals surface area contributed by atoms with Gasteiger partial charge in [0.15, 0.2) is 5.82 Å². The van der Waals surface area contributed by atoms with Gasteiger partial charge in [0.05, 0.1) is 0 Å². The van der Waals surface area contributed by atoms with Crippen LogP contribution in [0.25, 0.3) is 0 Å². The van der Waals surface area contributed by atoms with Crippen LogP contribution in [-0.2, 0) is 12.8 Å². The quantitative estimate of drug-likeness (QED) is 0.821. The summed E-state index contributed by atoms with van der Waals surface area (Å²) in [6, 6.07) is 8.40. The smallest absolute Gasteiger partial charge is 0.152 e. The number of benzene rings is 1. The third kappa shape index (κ3) is 3.58. The highest BCUT2D eigenvalue weighted by Gasteiger charge is 2.01. The van der Waals surface area contributed by atoms with Crippen LogP contribution in [-0.4, -0.2) is 21.7 Å². The number of aromatic nitrogens is 3. The molecular weight excluding hydrogens is 224 g/mol. The van der Waals surface area contributed by atoms with Gasteiger partial charge in [-0.3, -0.25) is 5.10 Å². The first-order valence-corrected chi connectivity index (χ1v) is 6.48. The zero-order chi connectivity index (χ0) is 12.8. The van der Waals surface area contributed by atoms with Crippen molar-refractivity contribution in [1.29, 1.82) is 0 Å². The van der Waals surface area contributed by atoms with Crippen molar-refractivity contribution in [1.82, 2.24) is 15.2 Å². The SMILES string of the molecule is CCCc1nc(CCNc2ccc(C)cc2)n[nH]1. The van der Waals surface area contributed by atoms with Gasteiger partial charge in [0.25, 0.3) is 0 Å². The Morgan fingerprint density at radius 1 is 1.17 bits per heavy atom. The van der Waals surface area contributed by atoms with Crippen molar-refractivity contribution in [2.45, 2.75) is 33.1 Å². The maximum atomic E-state index is 4.44. The molecule has 0 unspecified atom stereocenters. The highest BCUT2D eigenvalue weighted by molar-refractivity contribution is 5.44. The summed E-state index contributed by atoms with van der Waals surface area (Å²) in [5, 5.41) is 10.5. The Morgan fingerprint density at radius 2 is 1.94 bits per heavy atom. The van der Waals surface area contributed by atoms with Gasteiger partial charge in [-0.25, -0.2) is 4.98 Å². The molecule has 0 aliphatic rings. The minimum absolute atomic E-state index is 0.841. The molecule has 1 aromatic heterocycles. The van der Waals surface area contributed by atoms with Crippen LogP contribution >= 0.6 is 0 Å². The van der Waals surface area contributed by atoms with Crippen LogP contribution in [0.15, 0.2) is 24.3 Å². The molecule has 96 valence electrons. The molecule has 0 saturated heterocycles. The molecule has 2 N–H and O–H groups in total.